The highest BCUT2D eigenvalue weighted by atomic mass is 79.9. The first-order valence-corrected chi connectivity index (χ1v) is 5.69. The highest BCUT2D eigenvalue weighted by Crippen LogP contribution is 2.10. The molecule has 0 heterocycles. The van der Waals surface area contributed by atoms with Gasteiger partial charge in [-0.25, -0.2) is 0 Å². The van der Waals surface area contributed by atoms with Gasteiger partial charge in [0.25, 0.3) is 0 Å². The average Bonchev–Trinajstić information content (AvgIpc) is 2.19. The molecule has 0 aliphatic carbocycles. The Kier molecular flexibility index (Phi) is 4.66. The molecule has 0 unspecified atom stereocenters. The lowest BCUT2D eigenvalue weighted by atomic mass is 10.2. The van der Waals surface area contributed by atoms with Gasteiger partial charge in [0.05, 0.1) is 0 Å². The van der Waals surface area contributed by atoms with Crippen molar-refractivity contribution >= 4 is 27.8 Å². The summed E-state index contributed by atoms with van der Waals surface area (Å²) in [7, 11) is 4.07. The first-order valence-electron chi connectivity index (χ1n) is 4.57. The molecule has 3 heteroatoms. The average molecular weight is 255 g/mol. The zero-order valence-corrected chi connectivity index (χ0v) is 10.2. The van der Waals surface area contributed by atoms with E-state index in [9.17, 15) is 0 Å². The molecule has 14 heavy (non-hydrogen) atoms. The van der Waals surface area contributed by atoms with Gasteiger partial charge in [-0.05, 0) is 17.7 Å². The summed E-state index contributed by atoms with van der Waals surface area (Å²) in [6.07, 6.45) is 1.90. The Balaban J connectivity index is 2.64. The second kappa shape index (κ2) is 5.81. The summed E-state index contributed by atoms with van der Waals surface area (Å²) in [5, 5.41) is 0.916. The van der Waals surface area contributed by atoms with Crippen LogP contribution in [0.5, 0.6) is 0 Å². The topological polar surface area (TPSA) is 15.6 Å². The minimum atomic E-state index is 0.829. The number of hydrogen-bond donors (Lipinski definition) is 0. The molecule has 0 atom stereocenters. The van der Waals surface area contributed by atoms with Crippen molar-refractivity contribution in [1.29, 1.82) is 0 Å². The number of halogens is 1. The molecular weight excluding hydrogens is 240 g/mol. The van der Waals surface area contributed by atoms with Gasteiger partial charge in [0, 0.05) is 37.9 Å². The van der Waals surface area contributed by atoms with Gasteiger partial charge in [-0.2, -0.15) is 0 Å². The molecule has 0 aliphatic rings. The zero-order valence-electron chi connectivity index (χ0n) is 8.57. The maximum absolute atomic E-state index is 4.25. The first-order chi connectivity index (χ1) is 6.74. The Morgan fingerprint density at radius 3 is 2.43 bits per heavy atom. The van der Waals surface area contributed by atoms with Crippen LogP contribution < -0.4 is 4.90 Å². The minimum absolute atomic E-state index is 0.829. The molecule has 1 rings (SSSR count). The molecular formula is C11H15BrN2. The number of aliphatic imine (C=N–C) groups is 1. The number of hydrogen-bond acceptors (Lipinski definition) is 2. The van der Waals surface area contributed by atoms with Crippen LogP contribution in [0.15, 0.2) is 29.3 Å². The molecule has 1 aromatic rings. The third-order valence-electron chi connectivity index (χ3n) is 1.86. The minimum Gasteiger partial charge on any atom is -0.378 e. The van der Waals surface area contributed by atoms with Crippen LogP contribution >= 0.6 is 15.9 Å². The summed E-state index contributed by atoms with van der Waals surface area (Å²) in [5.74, 6) is 0. The van der Waals surface area contributed by atoms with Crippen LogP contribution in [-0.2, 0) is 0 Å². The molecule has 0 spiro atoms. The second-order valence-corrected chi connectivity index (χ2v) is 4.00. The van der Waals surface area contributed by atoms with Crippen LogP contribution in [0.2, 0.25) is 0 Å². The van der Waals surface area contributed by atoms with E-state index < -0.39 is 0 Å². The molecule has 0 N–H and O–H groups in total. The second-order valence-electron chi connectivity index (χ2n) is 3.21. The fraction of sp³-hybridized carbons (Fsp3) is 0.364. The maximum Gasteiger partial charge on any atom is 0.0486 e. The summed E-state index contributed by atoms with van der Waals surface area (Å²) < 4.78 is 0. The van der Waals surface area contributed by atoms with Gasteiger partial charge >= 0.3 is 0 Å². The summed E-state index contributed by atoms with van der Waals surface area (Å²) >= 11 is 3.33. The fourth-order valence-corrected chi connectivity index (χ4v) is 1.28. The van der Waals surface area contributed by atoms with Crippen molar-refractivity contribution in [1.82, 2.24) is 0 Å². The summed E-state index contributed by atoms with van der Waals surface area (Å²) in [5.41, 5.74) is 2.36. The van der Waals surface area contributed by atoms with Gasteiger partial charge in [-0.1, -0.05) is 28.1 Å². The van der Waals surface area contributed by atoms with Crippen molar-refractivity contribution in [2.75, 3.05) is 30.9 Å². The number of rotatable bonds is 4. The zero-order chi connectivity index (χ0) is 10.4. The van der Waals surface area contributed by atoms with E-state index in [4.69, 9.17) is 0 Å². The Hall–Kier alpha value is -0.830. The van der Waals surface area contributed by atoms with E-state index in [1.54, 1.807) is 0 Å². The highest BCUT2D eigenvalue weighted by molar-refractivity contribution is 9.09. The Bertz CT molecular complexity index is 291. The molecule has 2 nitrogen and oxygen atoms in total. The summed E-state index contributed by atoms with van der Waals surface area (Å²) in [6.45, 7) is 0.829. The SMILES string of the molecule is CN(C)c1ccc(C=NCCBr)cc1. The lowest BCUT2D eigenvalue weighted by Gasteiger charge is -2.11. The van der Waals surface area contributed by atoms with Gasteiger partial charge in [0.1, 0.15) is 0 Å². The Labute approximate surface area is 93.8 Å². The van der Waals surface area contributed by atoms with Crippen molar-refractivity contribution in [2.45, 2.75) is 0 Å². The fourth-order valence-electron chi connectivity index (χ4n) is 1.08. The van der Waals surface area contributed by atoms with E-state index in [1.807, 2.05) is 20.3 Å². The molecule has 0 radical (unpaired) electrons. The van der Waals surface area contributed by atoms with Gasteiger partial charge in [-0.15, -0.1) is 0 Å². The predicted octanol–water partition coefficient (Wildman–Crippen LogP) is 2.57. The van der Waals surface area contributed by atoms with Crippen LogP contribution in [0.4, 0.5) is 5.69 Å². The van der Waals surface area contributed by atoms with E-state index in [1.165, 1.54) is 5.69 Å². The lowest BCUT2D eigenvalue weighted by molar-refractivity contribution is 1.13. The maximum atomic E-state index is 4.25. The van der Waals surface area contributed by atoms with Crippen molar-refractivity contribution in [2.24, 2.45) is 4.99 Å². The van der Waals surface area contributed by atoms with Crippen LogP contribution in [-0.4, -0.2) is 32.2 Å². The van der Waals surface area contributed by atoms with Crippen molar-refractivity contribution in [3.05, 3.63) is 29.8 Å². The molecule has 0 saturated carbocycles. The number of alkyl halides is 1. The smallest absolute Gasteiger partial charge is 0.0486 e. The lowest BCUT2D eigenvalue weighted by Crippen LogP contribution is -2.08. The Morgan fingerprint density at radius 1 is 1.29 bits per heavy atom. The quantitative estimate of drug-likeness (QED) is 0.596. The number of nitrogens with zero attached hydrogens (tertiary/aromatic N) is 2. The third kappa shape index (κ3) is 3.50. The van der Waals surface area contributed by atoms with E-state index in [0.29, 0.717) is 0 Å². The van der Waals surface area contributed by atoms with Gasteiger partial charge < -0.3 is 4.90 Å². The Morgan fingerprint density at radius 2 is 1.93 bits per heavy atom. The van der Waals surface area contributed by atoms with Crippen LogP contribution in [0.3, 0.4) is 0 Å². The van der Waals surface area contributed by atoms with Crippen LogP contribution in [0, 0.1) is 0 Å². The predicted molar refractivity (Wildman–Crippen MR) is 67.0 cm³/mol. The largest absolute Gasteiger partial charge is 0.378 e. The molecule has 0 aliphatic heterocycles. The molecule has 0 fully saturated rings. The van der Waals surface area contributed by atoms with Crippen molar-refractivity contribution in [3.63, 3.8) is 0 Å². The standard InChI is InChI=1S/C11H15BrN2/c1-14(2)11-5-3-10(4-6-11)9-13-8-7-12/h3-6,9H,7-8H2,1-2H3. The van der Waals surface area contributed by atoms with E-state index in [0.717, 1.165) is 17.4 Å². The molecule has 0 amide bonds. The monoisotopic (exact) mass is 254 g/mol. The van der Waals surface area contributed by atoms with E-state index >= 15 is 0 Å². The van der Waals surface area contributed by atoms with Crippen molar-refractivity contribution in [3.8, 4) is 0 Å². The van der Waals surface area contributed by atoms with E-state index in [2.05, 4.69) is 50.1 Å². The number of anilines is 1. The molecule has 0 aromatic heterocycles. The van der Waals surface area contributed by atoms with Crippen LogP contribution in [0.1, 0.15) is 5.56 Å². The number of benzene rings is 1. The van der Waals surface area contributed by atoms with Crippen molar-refractivity contribution < 1.29 is 0 Å². The molecule has 0 bridgehead atoms. The summed E-state index contributed by atoms with van der Waals surface area (Å²) in [4.78, 5) is 6.33. The van der Waals surface area contributed by atoms with Crippen LogP contribution in [0.25, 0.3) is 0 Å². The first kappa shape index (κ1) is 11.2. The summed E-state index contributed by atoms with van der Waals surface area (Å²) in [6, 6.07) is 8.34. The van der Waals surface area contributed by atoms with E-state index in [-0.39, 0.29) is 0 Å². The van der Waals surface area contributed by atoms with Gasteiger partial charge in [0.15, 0.2) is 0 Å². The van der Waals surface area contributed by atoms with Gasteiger partial charge in [-0.3, -0.25) is 4.99 Å². The molecule has 1 aromatic carbocycles. The molecule has 0 saturated heterocycles. The molecule has 76 valence electrons. The van der Waals surface area contributed by atoms with Gasteiger partial charge in [0.2, 0.25) is 0 Å². The normalized spacial score (nSPS) is 10.8. The highest BCUT2D eigenvalue weighted by Gasteiger charge is 1.93. The third-order valence-corrected chi connectivity index (χ3v) is 2.22.